The molecule has 2 aromatic carbocycles. The van der Waals surface area contributed by atoms with E-state index < -0.39 is 15.9 Å². The van der Waals surface area contributed by atoms with Crippen molar-refractivity contribution in [3.63, 3.8) is 0 Å². The molecule has 0 spiro atoms. The van der Waals surface area contributed by atoms with Crippen LogP contribution in [-0.2, 0) is 14.8 Å². The molecule has 1 atom stereocenters. The second kappa shape index (κ2) is 10.3. The molecule has 1 aromatic heterocycles. The van der Waals surface area contributed by atoms with Gasteiger partial charge in [-0.2, -0.15) is 4.31 Å². The molecule has 2 heterocycles. The van der Waals surface area contributed by atoms with Gasteiger partial charge in [0.1, 0.15) is 0 Å². The van der Waals surface area contributed by atoms with Crippen LogP contribution in [0.2, 0.25) is 5.02 Å². The van der Waals surface area contributed by atoms with Gasteiger partial charge in [-0.1, -0.05) is 23.7 Å². The summed E-state index contributed by atoms with van der Waals surface area (Å²) in [5.41, 5.74) is 1.24. The Morgan fingerprint density at radius 1 is 0.971 bits per heavy atom. The molecule has 34 heavy (non-hydrogen) atoms. The van der Waals surface area contributed by atoms with E-state index in [0.29, 0.717) is 41.3 Å². The second-order valence-corrected chi connectivity index (χ2v) is 10.3. The number of nitrogens with one attached hydrogen (secondary N) is 2. The minimum atomic E-state index is -3.75. The van der Waals surface area contributed by atoms with Crippen LogP contribution in [0.15, 0.2) is 78.0 Å². The van der Waals surface area contributed by atoms with Crippen molar-refractivity contribution >= 4 is 44.8 Å². The van der Waals surface area contributed by atoms with Crippen molar-refractivity contribution in [3.8, 4) is 0 Å². The molecule has 4 rings (SSSR count). The predicted octanol–water partition coefficient (Wildman–Crippen LogP) is 4.03. The van der Waals surface area contributed by atoms with Gasteiger partial charge < -0.3 is 10.6 Å². The number of anilines is 2. The summed E-state index contributed by atoms with van der Waals surface area (Å²) < 4.78 is 27.4. The summed E-state index contributed by atoms with van der Waals surface area (Å²) in [6, 6.07) is 16.0. The average molecular weight is 499 g/mol. The summed E-state index contributed by atoms with van der Waals surface area (Å²) in [5, 5.41) is 6.03. The molecule has 0 unspecified atom stereocenters. The molecule has 1 fully saturated rings. The first-order chi connectivity index (χ1) is 16.3. The molecule has 1 aliphatic rings. The Morgan fingerprint density at radius 3 is 2.41 bits per heavy atom. The third-order valence-corrected chi connectivity index (χ3v) is 7.71. The number of carbonyl (C=O) groups is 2. The summed E-state index contributed by atoms with van der Waals surface area (Å²) >= 11 is 5.88. The van der Waals surface area contributed by atoms with E-state index in [1.54, 1.807) is 48.8 Å². The molecule has 3 aromatic rings. The SMILES string of the molecule is O=C(Nc1ccncc1)c1ccccc1NC(=O)[C@H]1CCCN(S(=O)(=O)c2ccc(Cl)cc2)C1. The molecule has 8 nitrogen and oxygen atoms in total. The molecule has 1 saturated heterocycles. The predicted molar refractivity (Wildman–Crippen MR) is 130 cm³/mol. The summed E-state index contributed by atoms with van der Waals surface area (Å²) in [7, 11) is -3.75. The molecule has 0 aliphatic carbocycles. The van der Waals surface area contributed by atoms with Crippen molar-refractivity contribution in [2.24, 2.45) is 5.92 Å². The molecule has 1 aliphatic heterocycles. The van der Waals surface area contributed by atoms with Crippen LogP contribution in [0.1, 0.15) is 23.2 Å². The number of pyridine rings is 1. The molecule has 2 amide bonds. The van der Waals surface area contributed by atoms with Gasteiger partial charge in [0.05, 0.1) is 22.1 Å². The number of nitrogens with zero attached hydrogens (tertiary/aromatic N) is 2. The number of aromatic nitrogens is 1. The zero-order valence-corrected chi connectivity index (χ0v) is 19.7. The molecule has 10 heteroatoms. The number of sulfonamides is 1. The lowest BCUT2D eigenvalue weighted by Gasteiger charge is -2.31. The molecular weight excluding hydrogens is 476 g/mol. The Bertz CT molecular complexity index is 1280. The smallest absolute Gasteiger partial charge is 0.257 e. The summed E-state index contributed by atoms with van der Waals surface area (Å²) in [6.45, 7) is 0.391. The minimum Gasteiger partial charge on any atom is -0.325 e. The largest absolute Gasteiger partial charge is 0.325 e. The van der Waals surface area contributed by atoms with E-state index in [1.165, 1.54) is 28.6 Å². The number of halogens is 1. The third-order valence-electron chi connectivity index (χ3n) is 5.57. The Morgan fingerprint density at radius 2 is 1.68 bits per heavy atom. The van der Waals surface area contributed by atoms with Crippen LogP contribution in [-0.4, -0.2) is 42.6 Å². The molecule has 2 N–H and O–H groups in total. The average Bonchev–Trinajstić information content (AvgIpc) is 2.85. The van der Waals surface area contributed by atoms with Crippen LogP contribution in [0.25, 0.3) is 0 Å². The van der Waals surface area contributed by atoms with Gasteiger partial charge in [-0.05, 0) is 61.4 Å². The fraction of sp³-hybridized carbons (Fsp3) is 0.208. The highest BCUT2D eigenvalue weighted by molar-refractivity contribution is 7.89. The van der Waals surface area contributed by atoms with Gasteiger partial charge in [0.15, 0.2) is 0 Å². The number of benzene rings is 2. The standard InChI is InChI=1S/C24H23ClN4O4S/c25-18-7-9-20(10-8-18)34(32,33)29-15-3-4-17(16-29)23(30)28-22-6-2-1-5-21(22)24(31)27-19-11-13-26-14-12-19/h1-2,5-14,17H,3-4,15-16H2,(H,28,30)(H,26,27,31)/t17-/m0/s1. The lowest BCUT2D eigenvalue weighted by molar-refractivity contribution is -0.120. The minimum absolute atomic E-state index is 0.0577. The van der Waals surface area contributed by atoms with Gasteiger partial charge in [0.25, 0.3) is 5.91 Å². The highest BCUT2D eigenvalue weighted by Gasteiger charge is 2.33. The first-order valence-corrected chi connectivity index (χ1v) is 12.5. The number of amides is 2. The van der Waals surface area contributed by atoms with E-state index in [2.05, 4.69) is 15.6 Å². The highest BCUT2D eigenvalue weighted by atomic mass is 35.5. The van der Waals surface area contributed by atoms with Crippen LogP contribution in [0.4, 0.5) is 11.4 Å². The Balaban J connectivity index is 1.47. The Hall–Kier alpha value is -3.27. The number of piperidine rings is 1. The van der Waals surface area contributed by atoms with Crippen molar-refractivity contribution in [1.29, 1.82) is 0 Å². The quantitative estimate of drug-likeness (QED) is 0.533. The summed E-state index contributed by atoms with van der Waals surface area (Å²) in [4.78, 5) is 29.9. The van der Waals surface area contributed by atoms with E-state index in [-0.39, 0.29) is 23.3 Å². The van der Waals surface area contributed by atoms with E-state index in [4.69, 9.17) is 11.6 Å². The Labute approximate surface area is 203 Å². The molecule has 0 radical (unpaired) electrons. The van der Waals surface area contributed by atoms with Gasteiger partial charge in [0, 0.05) is 36.2 Å². The van der Waals surface area contributed by atoms with Crippen LogP contribution in [0.5, 0.6) is 0 Å². The maximum absolute atomic E-state index is 13.1. The maximum Gasteiger partial charge on any atom is 0.257 e. The number of carbonyl (C=O) groups excluding carboxylic acids is 2. The monoisotopic (exact) mass is 498 g/mol. The number of hydrogen-bond acceptors (Lipinski definition) is 5. The second-order valence-electron chi connectivity index (χ2n) is 7.88. The molecule has 0 saturated carbocycles. The van der Waals surface area contributed by atoms with Crippen molar-refractivity contribution in [3.05, 3.63) is 83.6 Å². The summed E-state index contributed by atoms with van der Waals surface area (Å²) in [6.07, 6.45) is 4.23. The van der Waals surface area contributed by atoms with Crippen LogP contribution < -0.4 is 10.6 Å². The van der Waals surface area contributed by atoms with E-state index in [1.807, 2.05) is 0 Å². The Kier molecular flexibility index (Phi) is 7.26. The van der Waals surface area contributed by atoms with Gasteiger partial charge in [-0.15, -0.1) is 0 Å². The van der Waals surface area contributed by atoms with Gasteiger partial charge in [0.2, 0.25) is 15.9 Å². The van der Waals surface area contributed by atoms with Crippen LogP contribution in [0.3, 0.4) is 0 Å². The molecule has 176 valence electrons. The van der Waals surface area contributed by atoms with Gasteiger partial charge in [-0.25, -0.2) is 8.42 Å². The first-order valence-electron chi connectivity index (χ1n) is 10.7. The zero-order chi connectivity index (χ0) is 24.1. The lowest BCUT2D eigenvalue weighted by atomic mass is 9.98. The fourth-order valence-corrected chi connectivity index (χ4v) is 5.44. The van der Waals surface area contributed by atoms with Crippen LogP contribution >= 0.6 is 11.6 Å². The number of hydrogen-bond donors (Lipinski definition) is 2. The first kappa shape index (κ1) is 23.9. The van der Waals surface area contributed by atoms with E-state index in [0.717, 1.165) is 0 Å². The normalized spacial score (nSPS) is 16.6. The third kappa shape index (κ3) is 5.44. The van der Waals surface area contributed by atoms with Gasteiger partial charge in [-0.3, -0.25) is 14.6 Å². The van der Waals surface area contributed by atoms with Crippen LogP contribution in [0, 0.1) is 5.92 Å². The van der Waals surface area contributed by atoms with E-state index >= 15 is 0 Å². The van der Waals surface area contributed by atoms with Crippen molar-refractivity contribution in [2.45, 2.75) is 17.7 Å². The number of rotatable bonds is 6. The zero-order valence-electron chi connectivity index (χ0n) is 18.1. The summed E-state index contributed by atoms with van der Waals surface area (Å²) in [5.74, 6) is -1.26. The van der Waals surface area contributed by atoms with Crippen molar-refractivity contribution in [1.82, 2.24) is 9.29 Å². The maximum atomic E-state index is 13.1. The molecule has 0 bridgehead atoms. The van der Waals surface area contributed by atoms with E-state index in [9.17, 15) is 18.0 Å². The topological polar surface area (TPSA) is 108 Å². The molecular formula is C24H23ClN4O4S. The van der Waals surface area contributed by atoms with Gasteiger partial charge >= 0.3 is 0 Å². The number of para-hydroxylation sites is 1. The van der Waals surface area contributed by atoms with Crippen molar-refractivity contribution in [2.75, 3.05) is 23.7 Å². The van der Waals surface area contributed by atoms with Crippen molar-refractivity contribution < 1.29 is 18.0 Å². The highest BCUT2D eigenvalue weighted by Crippen LogP contribution is 2.26. The fourth-order valence-electron chi connectivity index (χ4n) is 3.79. The lowest BCUT2D eigenvalue weighted by Crippen LogP contribution is -2.43.